The summed E-state index contributed by atoms with van der Waals surface area (Å²) in [5.74, 6) is -0.225. The molecular weight excluding hydrogens is 325 g/mol. The Hall–Kier alpha value is -3.00. The number of nitrogens with zero attached hydrogens (tertiary/aromatic N) is 3. The molecule has 1 aromatic carbocycles. The summed E-state index contributed by atoms with van der Waals surface area (Å²) in [6, 6.07) is 6.09. The van der Waals surface area contributed by atoms with E-state index >= 15 is 0 Å². The molecule has 2 N–H and O–H groups in total. The summed E-state index contributed by atoms with van der Waals surface area (Å²) < 4.78 is 21.2. The van der Waals surface area contributed by atoms with Crippen LogP contribution in [0.3, 0.4) is 0 Å². The quantitative estimate of drug-likeness (QED) is 0.643. The fraction of sp³-hybridized carbons (Fsp3) is 0.235. The normalized spacial score (nSPS) is 15.3. The van der Waals surface area contributed by atoms with Gasteiger partial charge in [0.15, 0.2) is 5.65 Å². The zero-order valence-corrected chi connectivity index (χ0v) is 13.3. The third-order valence-electron chi connectivity index (χ3n) is 3.92. The maximum absolute atomic E-state index is 14.0. The van der Waals surface area contributed by atoms with Crippen LogP contribution in [0, 0.1) is 5.82 Å². The largest absolute Gasteiger partial charge is 0.492 e. The lowest BCUT2D eigenvalue weighted by Gasteiger charge is -2.09. The first-order valence-electron chi connectivity index (χ1n) is 7.98. The summed E-state index contributed by atoms with van der Waals surface area (Å²) in [5.41, 5.74) is 2.00. The molecule has 0 fully saturated rings. The van der Waals surface area contributed by atoms with Gasteiger partial charge in [-0.1, -0.05) is 0 Å². The number of carbonyl (C=O) groups is 1. The first-order valence-corrected chi connectivity index (χ1v) is 7.98. The van der Waals surface area contributed by atoms with Crippen molar-refractivity contribution in [3.8, 4) is 16.9 Å². The van der Waals surface area contributed by atoms with Crippen LogP contribution >= 0.6 is 0 Å². The van der Waals surface area contributed by atoms with Gasteiger partial charge in [-0.25, -0.2) is 13.9 Å². The molecule has 0 aliphatic carbocycles. The lowest BCUT2D eigenvalue weighted by atomic mass is 10.1. The molecule has 7 nitrogen and oxygen atoms in total. The number of hydrogen-bond acceptors (Lipinski definition) is 5. The van der Waals surface area contributed by atoms with E-state index in [4.69, 9.17) is 4.74 Å². The van der Waals surface area contributed by atoms with Gasteiger partial charge in [0.05, 0.1) is 6.20 Å². The number of carbonyl (C=O) groups excluding carboxylic acids is 1. The smallest absolute Gasteiger partial charge is 0.270 e. The second-order valence-corrected chi connectivity index (χ2v) is 5.67. The van der Waals surface area contributed by atoms with Crippen LogP contribution in [0.4, 0.5) is 4.39 Å². The summed E-state index contributed by atoms with van der Waals surface area (Å²) in [5, 5.41) is 10.2. The Bertz CT molecular complexity index is 940. The molecule has 25 heavy (non-hydrogen) atoms. The van der Waals surface area contributed by atoms with Crippen molar-refractivity contribution >= 4 is 11.6 Å². The molecule has 4 rings (SSSR count). The van der Waals surface area contributed by atoms with Crippen LogP contribution in [0.1, 0.15) is 10.5 Å². The molecular formula is C17H16FN5O2. The first-order chi connectivity index (χ1) is 12.2. The van der Waals surface area contributed by atoms with E-state index in [1.807, 2.05) is 0 Å². The van der Waals surface area contributed by atoms with E-state index in [0.29, 0.717) is 48.8 Å². The van der Waals surface area contributed by atoms with Crippen LogP contribution in [0.2, 0.25) is 0 Å². The average molecular weight is 341 g/mol. The van der Waals surface area contributed by atoms with E-state index in [1.165, 1.54) is 12.1 Å². The number of nitrogens with one attached hydrogen (secondary N) is 2. The van der Waals surface area contributed by atoms with Crippen LogP contribution in [-0.2, 0) is 0 Å². The van der Waals surface area contributed by atoms with Gasteiger partial charge in [0.1, 0.15) is 23.9 Å². The molecule has 0 radical (unpaired) electrons. The molecule has 3 heterocycles. The van der Waals surface area contributed by atoms with Crippen molar-refractivity contribution in [2.24, 2.45) is 0 Å². The molecule has 0 spiro atoms. The molecule has 3 aromatic rings. The van der Waals surface area contributed by atoms with Gasteiger partial charge in [-0.3, -0.25) is 4.79 Å². The number of fused-ring (bicyclic) bond motifs is 4. The molecule has 0 unspecified atom stereocenters. The van der Waals surface area contributed by atoms with E-state index in [-0.39, 0.29) is 11.6 Å². The average Bonchev–Trinajstić information content (AvgIpc) is 3.02. The third kappa shape index (κ3) is 3.16. The number of amides is 1. The molecule has 1 aliphatic heterocycles. The van der Waals surface area contributed by atoms with Crippen LogP contribution in [0.15, 0.2) is 36.7 Å². The lowest BCUT2D eigenvalue weighted by molar-refractivity contribution is 0.0949. The Balaban J connectivity index is 1.85. The Labute approximate surface area is 142 Å². The highest BCUT2D eigenvalue weighted by atomic mass is 19.1. The number of benzene rings is 1. The van der Waals surface area contributed by atoms with Crippen molar-refractivity contribution in [3.63, 3.8) is 0 Å². The minimum absolute atomic E-state index is 0.262. The summed E-state index contributed by atoms with van der Waals surface area (Å²) in [6.45, 7) is 2.06. The molecule has 0 atom stereocenters. The van der Waals surface area contributed by atoms with Crippen molar-refractivity contribution in [2.75, 3.05) is 26.2 Å². The Kier molecular flexibility index (Phi) is 4.02. The molecule has 1 amide bonds. The van der Waals surface area contributed by atoms with Crippen LogP contribution in [0.25, 0.3) is 16.8 Å². The fourth-order valence-corrected chi connectivity index (χ4v) is 2.72. The molecule has 2 aromatic heterocycles. The lowest BCUT2D eigenvalue weighted by Crippen LogP contribution is -2.33. The van der Waals surface area contributed by atoms with Crippen molar-refractivity contribution < 1.29 is 13.9 Å². The van der Waals surface area contributed by atoms with E-state index in [9.17, 15) is 9.18 Å². The van der Waals surface area contributed by atoms with Crippen LogP contribution in [0.5, 0.6) is 5.75 Å². The number of ether oxygens (including phenoxy) is 1. The van der Waals surface area contributed by atoms with Gasteiger partial charge in [-0.05, 0) is 23.8 Å². The van der Waals surface area contributed by atoms with Crippen LogP contribution in [-0.4, -0.2) is 46.7 Å². The Morgan fingerprint density at radius 3 is 3.04 bits per heavy atom. The van der Waals surface area contributed by atoms with E-state index in [1.54, 1.807) is 29.0 Å². The maximum atomic E-state index is 14.0. The third-order valence-corrected chi connectivity index (χ3v) is 3.92. The molecule has 0 saturated carbocycles. The van der Waals surface area contributed by atoms with Gasteiger partial charge >= 0.3 is 0 Å². The highest BCUT2D eigenvalue weighted by molar-refractivity contribution is 5.93. The van der Waals surface area contributed by atoms with E-state index < -0.39 is 5.82 Å². The van der Waals surface area contributed by atoms with Gasteiger partial charge in [-0.2, -0.15) is 5.10 Å². The standard InChI is InChI=1S/C17H16FN5O2/c18-12-7-11-8-13(9-12)25-6-4-19-2-3-20-17(24)15-1-5-23-16(22-15)14(11)10-21-23/h1,5,7-10,19H,2-4,6H2,(H,20,24). The van der Waals surface area contributed by atoms with Crippen molar-refractivity contribution in [2.45, 2.75) is 0 Å². The second kappa shape index (κ2) is 6.48. The SMILES string of the molecule is O=C1NCCNCCOc2cc(F)cc(c2)-c2cnn3ccc1nc23. The molecule has 0 saturated heterocycles. The molecule has 128 valence electrons. The zero-order chi connectivity index (χ0) is 17.2. The summed E-state index contributed by atoms with van der Waals surface area (Å²) >= 11 is 0. The van der Waals surface area contributed by atoms with Gasteiger partial charge in [0, 0.05) is 37.5 Å². The van der Waals surface area contributed by atoms with Gasteiger partial charge in [0.2, 0.25) is 0 Å². The number of aromatic nitrogens is 3. The van der Waals surface area contributed by atoms with Gasteiger partial charge < -0.3 is 15.4 Å². The highest BCUT2D eigenvalue weighted by Crippen LogP contribution is 2.28. The molecule has 4 bridgehead atoms. The summed E-state index contributed by atoms with van der Waals surface area (Å²) in [7, 11) is 0. The highest BCUT2D eigenvalue weighted by Gasteiger charge is 2.14. The Morgan fingerprint density at radius 1 is 1.20 bits per heavy atom. The predicted molar refractivity (Wildman–Crippen MR) is 89.1 cm³/mol. The maximum Gasteiger partial charge on any atom is 0.270 e. The summed E-state index contributed by atoms with van der Waals surface area (Å²) in [6.07, 6.45) is 3.26. The zero-order valence-electron chi connectivity index (χ0n) is 13.3. The topological polar surface area (TPSA) is 80.5 Å². The molecule has 1 aliphatic rings. The van der Waals surface area contributed by atoms with E-state index in [0.717, 1.165) is 0 Å². The van der Waals surface area contributed by atoms with E-state index in [2.05, 4.69) is 20.7 Å². The van der Waals surface area contributed by atoms with Gasteiger partial charge in [0.25, 0.3) is 5.91 Å². The number of rotatable bonds is 0. The Morgan fingerprint density at radius 2 is 2.12 bits per heavy atom. The second-order valence-electron chi connectivity index (χ2n) is 5.67. The van der Waals surface area contributed by atoms with Gasteiger partial charge in [-0.15, -0.1) is 0 Å². The number of hydrogen-bond donors (Lipinski definition) is 2. The minimum Gasteiger partial charge on any atom is -0.492 e. The molecule has 8 heteroatoms. The van der Waals surface area contributed by atoms with Crippen molar-refractivity contribution in [1.82, 2.24) is 25.2 Å². The first kappa shape index (κ1) is 15.5. The van der Waals surface area contributed by atoms with Crippen LogP contribution < -0.4 is 15.4 Å². The summed E-state index contributed by atoms with van der Waals surface area (Å²) in [4.78, 5) is 16.6. The predicted octanol–water partition coefficient (Wildman–Crippen LogP) is 1.25. The monoisotopic (exact) mass is 341 g/mol. The van der Waals surface area contributed by atoms with Crippen molar-refractivity contribution in [3.05, 3.63) is 48.2 Å². The minimum atomic E-state index is -0.405. The van der Waals surface area contributed by atoms with Crippen molar-refractivity contribution in [1.29, 1.82) is 0 Å². The fourth-order valence-electron chi connectivity index (χ4n) is 2.72. The number of halogens is 1.